The second-order valence-electron chi connectivity index (χ2n) is 5.59. The Bertz CT molecular complexity index is 457. The Balaban J connectivity index is 2.27. The van der Waals surface area contributed by atoms with Gasteiger partial charge < -0.3 is 10.1 Å². The lowest BCUT2D eigenvalue weighted by Crippen LogP contribution is -2.35. The zero-order chi connectivity index (χ0) is 15.5. The molecule has 0 spiro atoms. The second-order valence-corrected chi connectivity index (χ2v) is 5.59. The van der Waals surface area contributed by atoms with Gasteiger partial charge in [-0.15, -0.1) is 0 Å². The molecule has 0 aliphatic heterocycles. The minimum Gasteiger partial charge on any atom is -0.379 e. The maximum Gasteiger partial charge on any atom is 0.416 e. The van der Waals surface area contributed by atoms with Gasteiger partial charge in [-0.2, -0.15) is 13.2 Å². The van der Waals surface area contributed by atoms with Crippen molar-refractivity contribution in [2.24, 2.45) is 5.92 Å². The van der Waals surface area contributed by atoms with Crippen molar-refractivity contribution in [3.63, 3.8) is 0 Å². The summed E-state index contributed by atoms with van der Waals surface area (Å²) in [6.45, 7) is 2.79. The third-order valence-electron chi connectivity index (χ3n) is 3.87. The fourth-order valence-electron chi connectivity index (χ4n) is 2.66. The smallest absolute Gasteiger partial charge is 0.379 e. The van der Waals surface area contributed by atoms with Crippen LogP contribution < -0.4 is 5.32 Å². The van der Waals surface area contributed by atoms with Gasteiger partial charge in [-0.1, -0.05) is 19.1 Å². The lowest BCUT2D eigenvalue weighted by Gasteiger charge is -2.28. The summed E-state index contributed by atoms with van der Waals surface area (Å²) in [7, 11) is 1.64. The number of rotatable bonds is 7. The molecule has 0 radical (unpaired) electrons. The van der Waals surface area contributed by atoms with Gasteiger partial charge in [0.15, 0.2) is 0 Å². The van der Waals surface area contributed by atoms with Gasteiger partial charge in [0.2, 0.25) is 0 Å². The minimum absolute atomic E-state index is 0.0694. The first-order valence-electron chi connectivity index (χ1n) is 7.40. The van der Waals surface area contributed by atoms with E-state index in [4.69, 9.17) is 4.74 Å². The molecule has 1 N–H and O–H groups in total. The number of hydrogen-bond donors (Lipinski definition) is 1. The van der Waals surface area contributed by atoms with E-state index in [-0.39, 0.29) is 12.1 Å². The van der Waals surface area contributed by atoms with E-state index < -0.39 is 11.7 Å². The zero-order valence-corrected chi connectivity index (χ0v) is 12.4. The van der Waals surface area contributed by atoms with Crippen LogP contribution in [0.5, 0.6) is 0 Å². The topological polar surface area (TPSA) is 21.3 Å². The minimum atomic E-state index is -4.31. The van der Waals surface area contributed by atoms with E-state index in [1.54, 1.807) is 13.2 Å². The van der Waals surface area contributed by atoms with E-state index in [9.17, 15) is 13.2 Å². The molecule has 2 nitrogen and oxygen atoms in total. The molecule has 1 aliphatic rings. The van der Waals surface area contributed by atoms with E-state index in [2.05, 4.69) is 5.32 Å². The van der Waals surface area contributed by atoms with Crippen LogP contribution >= 0.6 is 0 Å². The van der Waals surface area contributed by atoms with Crippen LogP contribution in [-0.4, -0.2) is 19.8 Å². The number of halogens is 3. The van der Waals surface area contributed by atoms with Crippen molar-refractivity contribution in [1.82, 2.24) is 5.32 Å². The van der Waals surface area contributed by atoms with Crippen molar-refractivity contribution >= 4 is 0 Å². The van der Waals surface area contributed by atoms with Crippen molar-refractivity contribution < 1.29 is 17.9 Å². The molecule has 1 saturated carbocycles. The lowest BCUT2D eigenvalue weighted by atomic mass is 9.96. The van der Waals surface area contributed by atoms with Crippen LogP contribution in [0.4, 0.5) is 13.2 Å². The molecule has 0 amide bonds. The maximum atomic E-state index is 12.9. The van der Waals surface area contributed by atoms with Gasteiger partial charge in [0.25, 0.3) is 0 Å². The number of alkyl halides is 3. The Labute approximate surface area is 123 Å². The zero-order valence-electron chi connectivity index (χ0n) is 12.4. The summed E-state index contributed by atoms with van der Waals surface area (Å²) in [5.41, 5.74) is 0.0472. The number of ether oxygens (including phenoxy) is 1. The van der Waals surface area contributed by atoms with E-state index >= 15 is 0 Å². The van der Waals surface area contributed by atoms with Gasteiger partial charge in [0.1, 0.15) is 0 Å². The fourth-order valence-corrected chi connectivity index (χ4v) is 2.66. The molecule has 0 bridgehead atoms. The molecule has 2 rings (SSSR count). The van der Waals surface area contributed by atoms with Gasteiger partial charge in [0.05, 0.1) is 17.7 Å². The molecule has 5 heteroatoms. The summed E-state index contributed by atoms with van der Waals surface area (Å²) >= 11 is 0. The predicted octanol–water partition coefficient (Wildman–Crippen LogP) is 4.17. The second kappa shape index (κ2) is 6.79. The van der Waals surface area contributed by atoms with Crippen molar-refractivity contribution in [1.29, 1.82) is 0 Å². The highest BCUT2D eigenvalue weighted by atomic mass is 19.4. The monoisotopic (exact) mass is 301 g/mol. The van der Waals surface area contributed by atoms with Crippen LogP contribution in [0.25, 0.3) is 0 Å². The van der Waals surface area contributed by atoms with E-state index in [1.165, 1.54) is 12.1 Å². The van der Waals surface area contributed by atoms with Crippen molar-refractivity contribution in [3.05, 3.63) is 35.4 Å². The molecule has 2 atom stereocenters. The summed E-state index contributed by atoms with van der Waals surface area (Å²) in [6.07, 6.45) is -1.28. The molecule has 0 heterocycles. The van der Waals surface area contributed by atoms with Crippen molar-refractivity contribution in [3.8, 4) is 0 Å². The summed E-state index contributed by atoms with van der Waals surface area (Å²) in [6, 6.07) is 5.38. The van der Waals surface area contributed by atoms with Crippen LogP contribution in [0.3, 0.4) is 0 Å². The van der Waals surface area contributed by atoms with Crippen LogP contribution in [0.2, 0.25) is 0 Å². The Morgan fingerprint density at radius 3 is 2.57 bits per heavy atom. The molecule has 1 aromatic rings. The third-order valence-corrected chi connectivity index (χ3v) is 3.87. The average Bonchev–Trinajstić information content (AvgIpc) is 3.27. The van der Waals surface area contributed by atoms with E-state index in [0.29, 0.717) is 11.5 Å². The summed E-state index contributed by atoms with van der Waals surface area (Å²) in [5.74, 6) is 0.443. The largest absolute Gasteiger partial charge is 0.416 e. The summed E-state index contributed by atoms with van der Waals surface area (Å²) in [4.78, 5) is 0. The molecular formula is C16H22F3NO. The molecular weight excluding hydrogens is 279 g/mol. The van der Waals surface area contributed by atoms with Gasteiger partial charge in [0, 0.05) is 7.11 Å². The number of benzene rings is 1. The molecule has 21 heavy (non-hydrogen) atoms. The number of methoxy groups -OCH3 is 1. The van der Waals surface area contributed by atoms with Gasteiger partial charge in [-0.3, -0.25) is 0 Å². The number of hydrogen-bond acceptors (Lipinski definition) is 2. The molecule has 118 valence electrons. The van der Waals surface area contributed by atoms with Crippen LogP contribution in [0.15, 0.2) is 24.3 Å². The SMILES string of the molecule is CCCNC(c1cccc(C(F)(F)F)c1)C(OC)C1CC1. The first-order chi connectivity index (χ1) is 9.97. The van der Waals surface area contributed by atoms with Crippen LogP contribution in [0.1, 0.15) is 43.4 Å². The molecule has 1 fully saturated rings. The highest BCUT2D eigenvalue weighted by Crippen LogP contribution is 2.40. The first kappa shape index (κ1) is 16.3. The molecule has 0 saturated heterocycles. The first-order valence-corrected chi connectivity index (χ1v) is 7.40. The van der Waals surface area contributed by atoms with Crippen molar-refractivity contribution in [2.45, 2.75) is 44.5 Å². The predicted molar refractivity (Wildman–Crippen MR) is 76.0 cm³/mol. The highest BCUT2D eigenvalue weighted by molar-refractivity contribution is 5.29. The standard InChI is InChI=1S/C16H22F3NO/c1-3-9-20-14(15(21-2)11-7-8-11)12-5-4-6-13(10-12)16(17,18)19/h4-6,10-11,14-15,20H,3,7-9H2,1-2H3. The number of nitrogens with one attached hydrogen (secondary N) is 1. The van der Waals surface area contributed by atoms with Crippen LogP contribution in [0, 0.1) is 5.92 Å². The molecule has 1 aliphatic carbocycles. The summed E-state index contributed by atoms with van der Waals surface area (Å²) in [5, 5.41) is 3.34. The Morgan fingerprint density at radius 2 is 2.05 bits per heavy atom. The molecule has 0 aromatic heterocycles. The summed E-state index contributed by atoms with van der Waals surface area (Å²) < 4.78 is 44.2. The molecule has 2 unspecified atom stereocenters. The van der Waals surface area contributed by atoms with Crippen molar-refractivity contribution in [2.75, 3.05) is 13.7 Å². The maximum absolute atomic E-state index is 12.9. The normalized spacial score (nSPS) is 18.5. The Kier molecular flexibility index (Phi) is 5.27. The van der Waals surface area contributed by atoms with Gasteiger partial charge >= 0.3 is 6.18 Å². The Hall–Kier alpha value is -1.07. The van der Waals surface area contributed by atoms with Gasteiger partial charge in [-0.25, -0.2) is 0 Å². The highest BCUT2D eigenvalue weighted by Gasteiger charge is 2.38. The fraction of sp³-hybridized carbons (Fsp3) is 0.625. The molecule has 1 aromatic carbocycles. The quantitative estimate of drug-likeness (QED) is 0.816. The lowest BCUT2D eigenvalue weighted by molar-refractivity contribution is -0.137. The average molecular weight is 301 g/mol. The Morgan fingerprint density at radius 1 is 1.33 bits per heavy atom. The third kappa shape index (κ3) is 4.20. The van der Waals surface area contributed by atoms with Crippen LogP contribution in [-0.2, 0) is 10.9 Å². The van der Waals surface area contributed by atoms with E-state index in [1.807, 2.05) is 6.92 Å². The van der Waals surface area contributed by atoms with E-state index in [0.717, 1.165) is 31.9 Å². The van der Waals surface area contributed by atoms with Gasteiger partial charge in [-0.05, 0) is 49.4 Å².